The van der Waals surface area contributed by atoms with Gasteiger partial charge in [0.1, 0.15) is 5.82 Å². The summed E-state index contributed by atoms with van der Waals surface area (Å²) in [6, 6.07) is 7.97. The number of nitrogens with zero attached hydrogens (tertiary/aromatic N) is 5. The quantitative estimate of drug-likeness (QED) is 0.0809. The Bertz CT molecular complexity index is 2030. The second-order valence-corrected chi connectivity index (χ2v) is 9.13. The summed E-state index contributed by atoms with van der Waals surface area (Å²) in [5, 5.41) is 41.9. The topological polar surface area (TPSA) is 292 Å². The van der Waals surface area contributed by atoms with E-state index in [1.807, 2.05) is 0 Å². The maximum Gasteiger partial charge on any atom is 0.337 e. The summed E-state index contributed by atoms with van der Waals surface area (Å²) in [6.07, 6.45) is -0.305. The van der Waals surface area contributed by atoms with Crippen molar-refractivity contribution in [3.05, 3.63) is 99.2 Å². The van der Waals surface area contributed by atoms with Crippen molar-refractivity contribution in [2.75, 3.05) is 28.9 Å². The fourth-order valence-corrected chi connectivity index (χ4v) is 3.89. The third kappa shape index (κ3) is 7.02. The van der Waals surface area contributed by atoms with Gasteiger partial charge in [-0.15, -0.1) is 10.2 Å². The average Bonchev–Trinajstić information content (AvgIpc) is 3.00. The Morgan fingerprint density at radius 3 is 1.98 bits per heavy atom. The van der Waals surface area contributed by atoms with Crippen LogP contribution in [-0.2, 0) is 6.42 Å². The monoisotopic (exact) mass is 639 g/mol. The van der Waals surface area contributed by atoms with Crippen molar-refractivity contribution < 1.29 is 42.9 Å². The predicted molar refractivity (Wildman–Crippen MR) is 152 cm³/mol. The standard InChI is InChI=1S/C26H23F2N11O7/c27-14-9-18(33-24(41)17-2-4-22(35-30)39(32)37-17)12(25(42)43)7-11(14)5-6-46-20-10-19(13(26(44)45)8-15(20)28)34-23(40)16-1-3-21(29)38(31)36-16/h1-4,7-10,29H,5-6,30-32H2,(H,33,41)(H,34,40)(H,42,43)(H,44,45)/b29-21?,35-22-. The lowest BCUT2D eigenvalue weighted by atomic mass is 10.0. The number of aromatic nitrogens is 4. The van der Waals surface area contributed by atoms with Crippen molar-refractivity contribution in [1.29, 1.82) is 5.41 Å². The van der Waals surface area contributed by atoms with Crippen LogP contribution in [0.25, 0.3) is 0 Å². The van der Waals surface area contributed by atoms with Crippen LogP contribution in [0.2, 0.25) is 0 Å². The molecule has 11 N–H and O–H groups in total. The number of rotatable bonds is 10. The van der Waals surface area contributed by atoms with Gasteiger partial charge in [0.25, 0.3) is 11.8 Å². The molecule has 0 atom stereocenters. The zero-order valence-electron chi connectivity index (χ0n) is 23.2. The highest BCUT2D eigenvalue weighted by atomic mass is 19.1. The molecule has 0 aliphatic rings. The minimum Gasteiger partial charge on any atom is -0.490 e. The number of carboxylic acids is 2. The van der Waals surface area contributed by atoms with Crippen molar-refractivity contribution in [1.82, 2.24) is 19.8 Å². The van der Waals surface area contributed by atoms with E-state index in [4.69, 9.17) is 27.7 Å². The minimum absolute atomic E-state index is 0.0253. The van der Waals surface area contributed by atoms with E-state index < -0.39 is 64.6 Å². The maximum absolute atomic E-state index is 15.0. The van der Waals surface area contributed by atoms with E-state index in [1.165, 1.54) is 18.2 Å². The number of hydrogen-bond donors (Lipinski definition) is 8. The molecule has 0 aliphatic carbocycles. The number of carboxylic acid groups (broad SMARTS) is 2. The number of benzene rings is 2. The molecule has 238 valence electrons. The molecule has 0 aliphatic heterocycles. The molecule has 0 radical (unpaired) electrons. The lowest BCUT2D eigenvalue weighted by Gasteiger charge is -2.14. The third-order valence-corrected chi connectivity index (χ3v) is 6.14. The van der Waals surface area contributed by atoms with Crippen LogP contribution in [0.4, 0.5) is 20.2 Å². The number of nitrogens with one attached hydrogen (secondary N) is 3. The first-order chi connectivity index (χ1) is 21.8. The number of hydrogen-bond acceptors (Lipinski definition) is 12. The summed E-state index contributed by atoms with van der Waals surface area (Å²) in [5.41, 5.74) is -2.84. The van der Waals surface area contributed by atoms with Gasteiger partial charge in [0.2, 0.25) is 0 Å². The Morgan fingerprint density at radius 2 is 1.41 bits per heavy atom. The highest BCUT2D eigenvalue weighted by Gasteiger charge is 2.21. The normalized spacial score (nSPS) is 11.1. The smallest absolute Gasteiger partial charge is 0.337 e. The summed E-state index contributed by atoms with van der Waals surface area (Å²) in [7, 11) is 0. The first-order valence-electron chi connectivity index (χ1n) is 12.7. The van der Waals surface area contributed by atoms with Crippen molar-refractivity contribution in [2.45, 2.75) is 6.42 Å². The molecule has 2 amide bonds. The number of halogens is 2. The van der Waals surface area contributed by atoms with Crippen LogP contribution >= 0.6 is 0 Å². The van der Waals surface area contributed by atoms with E-state index in [1.54, 1.807) is 0 Å². The molecule has 2 heterocycles. The van der Waals surface area contributed by atoms with Gasteiger partial charge in [0.15, 0.2) is 33.9 Å². The van der Waals surface area contributed by atoms with Crippen LogP contribution in [0.5, 0.6) is 5.75 Å². The van der Waals surface area contributed by atoms with Crippen molar-refractivity contribution in [3.8, 4) is 5.75 Å². The SMILES string of the molecule is N=c1ccc(C(=O)Nc2cc(OCCc3cc(C(=O)O)c(NC(=O)c4cc/c(=N/N)n(N)n4)cc3F)c(F)cc2C(=O)O)nn1N. The van der Waals surface area contributed by atoms with Crippen LogP contribution in [0.1, 0.15) is 47.3 Å². The van der Waals surface area contributed by atoms with Crippen LogP contribution < -0.4 is 43.9 Å². The van der Waals surface area contributed by atoms with Crippen LogP contribution in [-0.4, -0.2) is 60.4 Å². The van der Waals surface area contributed by atoms with Crippen molar-refractivity contribution in [3.63, 3.8) is 0 Å². The van der Waals surface area contributed by atoms with E-state index in [0.717, 1.165) is 24.3 Å². The summed E-state index contributed by atoms with van der Waals surface area (Å²) < 4.78 is 35.1. The number of amides is 2. The molecule has 0 bridgehead atoms. The summed E-state index contributed by atoms with van der Waals surface area (Å²) >= 11 is 0. The number of carbonyl (C=O) groups excluding carboxylic acids is 2. The molecule has 2 aromatic carbocycles. The lowest BCUT2D eigenvalue weighted by Crippen LogP contribution is -2.33. The largest absolute Gasteiger partial charge is 0.490 e. The Labute approximate surface area is 254 Å². The third-order valence-electron chi connectivity index (χ3n) is 6.14. The predicted octanol–water partition coefficient (Wildman–Crippen LogP) is -0.438. The number of aromatic carboxylic acids is 2. The lowest BCUT2D eigenvalue weighted by molar-refractivity contribution is 0.0686. The second kappa shape index (κ2) is 13.2. The Morgan fingerprint density at radius 1 is 0.848 bits per heavy atom. The van der Waals surface area contributed by atoms with Gasteiger partial charge in [-0.25, -0.2) is 18.4 Å². The van der Waals surface area contributed by atoms with Gasteiger partial charge in [-0.3, -0.25) is 15.0 Å². The molecular weight excluding hydrogens is 616 g/mol. The molecular formula is C26H23F2N11O7. The Balaban J connectivity index is 1.52. The van der Waals surface area contributed by atoms with Crippen LogP contribution in [0, 0.1) is 17.0 Å². The molecule has 0 spiro atoms. The molecule has 0 saturated carbocycles. The first-order valence-corrected chi connectivity index (χ1v) is 12.7. The van der Waals surface area contributed by atoms with Crippen LogP contribution in [0.3, 0.4) is 0 Å². The van der Waals surface area contributed by atoms with Gasteiger partial charge in [-0.05, 0) is 48.0 Å². The summed E-state index contributed by atoms with van der Waals surface area (Å²) in [4.78, 5) is 50.1. The average molecular weight is 640 g/mol. The molecule has 2 aromatic heterocycles. The van der Waals surface area contributed by atoms with Gasteiger partial charge in [-0.2, -0.15) is 14.7 Å². The van der Waals surface area contributed by atoms with E-state index in [9.17, 15) is 38.2 Å². The number of carbonyl (C=O) groups is 4. The van der Waals surface area contributed by atoms with E-state index in [-0.39, 0.29) is 40.0 Å². The van der Waals surface area contributed by atoms with Gasteiger partial charge in [-0.1, -0.05) is 0 Å². The number of ether oxygens (including phenoxy) is 1. The van der Waals surface area contributed by atoms with Gasteiger partial charge >= 0.3 is 11.9 Å². The second-order valence-electron chi connectivity index (χ2n) is 9.13. The molecule has 4 rings (SSSR count). The van der Waals surface area contributed by atoms with Gasteiger partial charge in [0.05, 0.1) is 29.1 Å². The highest BCUT2D eigenvalue weighted by molar-refractivity contribution is 6.07. The number of anilines is 2. The molecule has 0 unspecified atom stereocenters. The molecule has 46 heavy (non-hydrogen) atoms. The minimum atomic E-state index is -1.58. The van der Waals surface area contributed by atoms with Gasteiger partial charge in [0, 0.05) is 12.5 Å². The number of nitrogen functional groups attached to an aromatic ring is 2. The molecule has 4 aromatic rings. The number of nitrogens with two attached hydrogens (primary N) is 3. The van der Waals surface area contributed by atoms with Crippen molar-refractivity contribution in [2.24, 2.45) is 10.9 Å². The maximum atomic E-state index is 15.0. The summed E-state index contributed by atoms with van der Waals surface area (Å²) in [6.45, 7) is -0.433. The zero-order chi connectivity index (χ0) is 33.7. The molecule has 20 heteroatoms. The Hall–Kier alpha value is -6.86. The van der Waals surface area contributed by atoms with E-state index >= 15 is 0 Å². The van der Waals surface area contributed by atoms with Crippen LogP contribution in [0.15, 0.2) is 53.6 Å². The fraction of sp³-hybridized carbons (Fsp3) is 0.0769. The molecule has 0 fully saturated rings. The Kier molecular flexibility index (Phi) is 9.20. The van der Waals surface area contributed by atoms with Crippen molar-refractivity contribution >= 4 is 35.1 Å². The fourth-order valence-electron chi connectivity index (χ4n) is 3.89. The molecule has 0 saturated heterocycles. The van der Waals surface area contributed by atoms with Gasteiger partial charge < -0.3 is 43.1 Å². The molecule has 18 nitrogen and oxygen atoms in total. The van der Waals surface area contributed by atoms with E-state index in [2.05, 4.69) is 25.9 Å². The zero-order valence-corrected chi connectivity index (χ0v) is 23.2. The van der Waals surface area contributed by atoms with E-state index in [0.29, 0.717) is 15.6 Å². The first kappa shape index (κ1) is 32.1. The highest BCUT2D eigenvalue weighted by Crippen LogP contribution is 2.28. The summed E-state index contributed by atoms with van der Waals surface area (Å²) in [5.74, 6) is 8.62.